The third-order valence-electron chi connectivity index (χ3n) is 4.92. The summed E-state index contributed by atoms with van der Waals surface area (Å²) >= 11 is 0. The Morgan fingerprint density at radius 1 is 0.800 bits per heavy atom. The second-order valence-electron chi connectivity index (χ2n) is 6.75. The van der Waals surface area contributed by atoms with Gasteiger partial charge in [0, 0.05) is 25.0 Å². The van der Waals surface area contributed by atoms with Crippen LogP contribution < -0.4 is 4.90 Å². The third-order valence-corrected chi connectivity index (χ3v) is 4.92. The highest BCUT2D eigenvalue weighted by Crippen LogP contribution is 2.30. The van der Waals surface area contributed by atoms with Gasteiger partial charge in [-0.15, -0.1) is 0 Å². The Hall–Kier alpha value is -2.87. The van der Waals surface area contributed by atoms with E-state index in [4.69, 9.17) is 0 Å². The highest BCUT2D eigenvalue weighted by molar-refractivity contribution is 5.82. The topological polar surface area (TPSA) is 15.6 Å². The molecule has 1 aliphatic rings. The Morgan fingerprint density at radius 3 is 2.00 bits per heavy atom. The number of rotatable bonds is 3. The van der Waals surface area contributed by atoms with Gasteiger partial charge in [0.05, 0.1) is 5.69 Å². The van der Waals surface area contributed by atoms with Crippen LogP contribution in [0.25, 0.3) is 0 Å². The van der Waals surface area contributed by atoms with Gasteiger partial charge in [0.25, 0.3) is 0 Å². The Labute approximate surface area is 149 Å². The van der Waals surface area contributed by atoms with Crippen LogP contribution in [0.5, 0.6) is 0 Å². The molecule has 3 aromatic carbocycles. The van der Waals surface area contributed by atoms with Crippen LogP contribution in [-0.4, -0.2) is 6.21 Å². The number of fused-ring (bicyclic) bond motifs is 1. The molecule has 1 heterocycles. The van der Waals surface area contributed by atoms with Gasteiger partial charge in [-0.1, -0.05) is 42.5 Å². The summed E-state index contributed by atoms with van der Waals surface area (Å²) in [5, 5.41) is 0. The van der Waals surface area contributed by atoms with Crippen molar-refractivity contribution in [3.8, 4) is 0 Å². The number of para-hydroxylation sites is 1. The second-order valence-corrected chi connectivity index (χ2v) is 6.75. The first kappa shape index (κ1) is 15.6. The Bertz CT molecular complexity index is 878. The van der Waals surface area contributed by atoms with Gasteiger partial charge in [0.1, 0.15) is 0 Å². The Kier molecular flexibility index (Phi) is 4.10. The maximum atomic E-state index is 4.52. The van der Waals surface area contributed by atoms with Crippen molar-refractivity contribution >= 4 is 17.6 Å². The molecule has 25 heavy (non-hydrogen) atoms. The molecule has 2 nitrogen and oxygen atoms in total. The van der Waals surface area contributed by atoms with Crippen LogP contribution in [-0.2, 0) is 13.1 Å². The first-order valence-electron chi connectivity index (χ1n) is 8.72. The smallest absolute Gasteiger partial charge is 0.0629 e. The molecule has 3 aromatic rings. The van der Waals surface area contributed by atoms with E-state index in [2.05, 4.69) is 60.1 Å². The summed E-state index contributed by atoms with van der Waals surface area (Å²) in [7, 11) is 0. The van der Waals surface area contributed by atoms with Gasteiger partial charge >= 0.3 is 0 Å². The Morgan fingerprint density at radius 2 is 1.40 bits per heavy atom. The predicted molar refractivity (Wildman–Crippen MR) is 106 cm³/mol. The summed E-state index contributed by atoms with van der Waals surface area (Å²) in [6.45, 7) is 6.38. The molecule has 0 aliphatic carbocycles. The number of hydrogen-bond donors (Lipinski definition) is 0. The summed E-state index contributed by atoms with van der Waals surface area (Å²) in [6.07, 6.45) is 1.92. The number of nitrogens with zero attached hydrogens (tertiary/aromatic N) is 2. The first-order valence-corrected chi connectivity index (χ1v) is 8.72. The molecule has 0 saturated heterocycles. The van der Waals surface area contributed by atoms with Crippen LogP contribution in [0.2, 0.25) is 0 Å². The third kappa shape index (κ3) is 3.34. The molecule has 0 saturated carbocycles. The van der Waals surface area contributed by atoms with Crippen molar-refractivity contribution in [1.29, 1.82) is 0 Å². The van der Waals surface area contributed by atoms with Crippen LogP contribution in [0.3, 0.4) is 0 Å². The normalized spacial score (nSPS) is 13.4. The van der Waals surface area contributed by atoms with Gasteiger partial charge in [-0.3, -0.25) is 4.99 Å². The highest BCUT2D eigenvalue weighted by Gasteiger charge is 2.19. The number of aryl methyl sites for hydroxylation is 2. The lowest BCUT2D eigenvalue weighted by Gasteiger charge is -2.17. The predicted octanol–water partition coefficient (Wildman–Crippen LogP) is 5.57. The van der Waals surface area contributed by atoms with Gasteiger partial charge < -0.3 is 4.90 Å². The van der Waals surface area contributed by atoms with Gasteiger partial charge in [0.15, 0.2) is 0 Å². The van der Waals surface area contributed by atoms with Gasteiger partial charge in [-0.25, -0.2) is 0 Å². The molecule has 0 atom stereocenters. The molecule has 0 radical (unpaired) electrons. The van der Waals surface area contributed by atoms with Gasteiger partial charge in [0.2, 0.25) is 0 Å². The maximum absolute atomic E-state index is 4.52. The number of anilines is 1. The molecule has 0 aromatic heterocycles. The Balaban J connectivity index is 1.49. The van der Waals surface area contributed by atoms with E-state index in [1.807, 2.05) is 36.5 Å². The molecule has 4 rings (SSSR count). The van der Waals surface area contributed by atoms with E-state index < -0.39 is 0 Å². The summed E-state index contributed by atoms with van der Waals surface area (Å²) in [5.41, 5.74) is 9.04. The molecule has 124 valence electrons. The van der Waals surface area contributed by atoms with E-state index in [9.17, 15) is 0 Å². The monoisotopic (exact) mass is 326 g/mol. The quantitative estimate of drug-likeness (QED) is 0.574. The van der Waals surface area contributed by atoms with Crippen LogP contribution in [0.15, 0.2) is 71.7 Å². The van der Waals surface area contributed by atoms with Crippen molar-refractivity contribution in [2.75, 3.05) is 4.90 Å². The first-order chi connectivity index (χ1) is 12.2. The fourth-order valence-corrected chi connectivity index (χ4v) is 3.31. The average molecular weight is 326 g/mol. The molecule has 0 fully saturated rings. The minimum absolute atomic E-state index is 0.979. The number of hydrogen-bond acceptors (Lipinski definition) is 2. The van der Waals surface area contributed by atoms with Crippen molar-refractivity contribution in [2.45, 2.75) is 26.9 Å². The lowest BCUT2D eigenvalue weighted by atomic mass is 10.0. The largest absolute Gasteiger partial charge is 0.363 e. The van der Waals surface area contributed by atoms with Crippen molar-refractivity contribution in [1.82, 2.24) is 0 Å². The van der Waals surface area contributed by atoms with Gasteiger partial charge in [-0.2, -0.15) is 0 Å². The van der Waals surface area contributed by atoms with E-state index in [1.54, 1.807) is 0 Å². The fourth-order valence-electron chi connectivity index (χ4n) is 3.31. The molecular formula is C23H22N2. The molecule has 0 spiro atoms. The maximum Gasteiger partial charge on any atom is 0.0629 e. The van der Waals surface area contributed by atoms with Gasteiger partial charge in [-0.05, 0) is 65.9 Å². The average Bonchev–Trinajstić information content (AvgIpc) is 3.04. The van der Waals surface area contributed by atoms with E-state index in [-0.39, 0.29) is 0 Å². The zero-order chi connectivity index (χ0) is 17.2. The molecule has 0 N–H and O–H groups in total. The minimum atomic E-state index is 0.979. The summed E-state index contributed by atoms with van der Waals surface area (Å²) in [4.78, 5) is 6.95. The summed E-state index contributed by atoms with van der Waals surface area (Å²) in [6, 6.07) is 23.4. The van der Waals surface area contributed by atoms with E-state index in [0.29, 0.717) is 0 Å². The molecule has 0 unspecified atom stereocenters. The lowest BCUT2D eigenvalue weighted by Crippen LogP contribution is -2.14. The van der Waals surface area contributed by atoms with Crippen LogP contribution in [0, 0.1) is 13.8 Å². The van der Waals surface area contributed by atoms with Crippen molar-refractivity contribution < 1.29 is 0 Å². The SMILES string of the molecule is Cc1cc2c(cc1C)CN(c1ccc(C=Nc3ccccc3)cc1)C2. The lowest BCUT2D eigenvalue weighted by molar-refractivity contribution is 0.880. The minimum Gasteiger partial charge on any atom is -0.363 e. The highest BCUT2D eigenvalue weighted by atomic mass is 15.1. The molecule has 0 bridgehead atoms. The van der Waals surface area contributed by atoms with Crippen LogP contribution in [0.1, 0.15) is 27.8 Å². The van der Waals surface area contributed by atoms with E-state index in [1.165, 1.54) is 27.9 Å². The summed E-state index contributed by atoms with van der Waals surface area (Å²) < 4.78 is 0. The standard InChI is InChI=1S/C23H22N2/c1-17-12-20-15-25(16-21(20)13-18(17)2)23-10-8-19(9-11-23)14-24-22-6-4-3-5-7-22/h3-14H,15-16H2,1-2H3. The second kappa shape index (κ2) is 6.56. The molecule has 1 aliphatic heterocycles. The van der Waals surface area contributed by atoms with Crippen LogP contribution in [0.4, 0.5) is 11.4 Å². The zero-order valence-electron chi connectivity index (χ0n) is 14.7. The van der Waals surface area contributed by atoms with E-state index >= 15 is 0 Å². The van der Waals surface area contributed by atoms with Crippen molar-refractivity contribution in [3.05, 3.63) is 94.5 Å². The van der Waals surface area contributed by atoms with E-state index in [0.717, 1.165) is 24.3 Å². The van der Waals surface area contributed by atoms with Crippen molar-refractivity contribution in [3.63, 3.8) is 0 Å². The molecule has 2 heteroatoms. The zero-order valence-corrected chi connectivity index (χ0v) is 14.7. The number of aliphatic imine (C=N–C) groups is 1. The van der Waals surface area contributed by atoms with Crippen LogP contribution >= 0.6 is 0 Å². The summed E-state index contributed by atoms with van der Waals surface area (Å²) in [5.74, 6) is 0. The fraction of sp³-hybridized carbons (Fsp3) is 0.174. The molecular weight excluding hydrogens is 304 g/mol. The van der Waals surface area contributed by atoms with Crippen molar-refractivity contribution in [2.24, 2.45) is 4.99 Å². The number of benzene rings is 3. The molecule has 0 amide bonds.